The van der Waals surface area contributed by atoms with E-state index in [2.05, 4.69) is 10.1 Å². The van der Waals surface area contributed by atoms with Crippen LogP contribution >= 0.6 is 0 Å². The summed E-state index contributed by atoms with van der Waals surface area (Å²) in [6.45, 7) is 0.499. The van der Waals surface area contributed by atoms with Crippen molar-refractivity contribution in [3.8, 4) is 0 Å². The predicted octanol–water partition coefficient (Wildman–Crippen LogP) is 2.56. The first-order chi connectivity index (χ1) is 12.6. The number of carbonyl (C=O) groups excluding carboxylic acids is 1. The molecule has 1 aliphatic heterocycles. The van der Waals surface area contributed by atoms with E-state index >= 15 is 0 Å². The maximum absolute atomic E-state index is 12.8. The number of ether oxygens (including phenoxy) is 1. The van der Waals surface area contributed by atoms with Gasteiger partial charge in [-0.15, -0.1) is 0 Å². The van der Waals surface area contributed by atoms with Crippen molar-refractivity contribution in [3.63, 3.8) is 0 Å². The molecule has 1 saturated heterocycles. The summed E-state index contributed by atoms with van der Waals surface area (Å²) in [6, 6.07) is 5.52. The zero-order valence-electron chi connectivity index (χ0n) is 15.0. The Bertz CT molecular complexity index is 753. The van der Waals surface area contributed by atoms with E-state index in [4.69, 9.17) is 0 Å². The Morgan fingerprint density at radius 1 is 1.33 bits per heavy atom. The first-order valence-corrected chi connectivity index (χ1v) is 10.1. The van der Waals surface area contributed by atoms with Gasteiger partial charge in [0.05, 0.1) is 11.5 Å². The SMILES string of the molecule is CC1CCCCN1S(=O)(=O)c1cccc(C(=O)NCCOCC(F)(F)F)c1. The number of halogens is 3. The van der Waals surface area contributed by atoms with Crippen molar-refractivity contribution in [2.24, 2.45) is 0 Å². The first kappa shape index (κ1) is 21.6. The van der Waals surface area contributed by atoms with Crippen LogP contribution in [0.4, 0.5) is 13.2 Å². The predicted molar refractivity (Wildman–Crippen MR) is 92.9 cm³/mol. The molecule has 0 aromatic heterocycles. The Labute approximate surface area is 156 Å². The molecule has 1 fully saturated rings. The number of piperidine rings is 1. The number of alkyl halides is 3. The lowest BCUT2D eigenvalue weighted by Crippen LogP contribution is -2.42. The summed E-state index contributed by atoms with van der Waals surface area (Å²) in [7, 11) is -3.71. The minimum atomic E-state index is -4.42. The monoisotopic (exact) mass is 408 g/mol. The van der Waals surface area contributed by atoms with Gasteiger partial charge < -0.3 is 10.1 Å². The Morgan fingerprint density at radius 3 is 2.74 bits per heavy atom. The summed E-state index contributed by atoms with van der Waals surface area (Å²) in [5.74, 6) is -0.575. The average Bonchev–Trinajstić information content (AvgIpc) is 2.60. The highest BCUT2D eigenvalue weighted by atomic mass is 32.2. The smallest absolute Gasteiger partial charge is 0.370 e. The molecule has 1 unspecified atom stereocenters. The molecule has 152 valence electrons. The zero-order chi connectivity index (χ0) is 20.1. The van der Waals surface area contributed by atoms with Crippen LogP contribution in [-0.2, 0) is 14.8 Å². The molecule has 0 aliphatic carbocycles. The van der Waals surface area contributed by atoms with Gasteiger partial charge in [0.15, 0.2) is 0 Å². The molecule has 1 amide bonds. The Balaban J connectivity index is 1.98. The summed E-state index contributed by atoms with van der Waals surface area (Å²) < 4.78 is 67.4. The molecule has 1 N–H and O–H groups in total. The molecule has 1 atom stereocenters. The summed E-state index contributed by atoms with van der Waals surface area (Å²) in [5, 5.41) is 2.41. The number of nitrogens with zero attached hydrogens (tertiary/aromatic N) is 1. The number of rotatable bonds is 7. The molecule has 10 heteroatoms. The van der Waals surface area contributed by atoms with Crippen LogP contribution < -0.4 is 5.32 Å². The fraction of sp³-hybridized carbons (Fsp3) is 0.588. The summed E-state index contributed by atoms with van der Waals surface area (Å²) in [5.41, 5.74) is 0.122. The number of benzene rings is 1. The lowest BCUT2D eigenvalue weighted by Gasteiger charge is -2.32. The van der Waals surface area contributed by atoms with Gasteiger partial charge in [0.2, 0.25) is 10.0 Å². The highest BCUT2D eigenvalue weighted by molar-refractivity contribution is 7.89. The van der Waals surface area contributed by atoms with Gasteiger partial charge in [0.1, 0.15) is 6.61 Å². The fourth-order valence-electron chi connectivity index (χ4n) is 2.89. The van der Waals surface area contributed by atoms with Crippen molar-refractivity contribution in [1.82, 2.24) is 9.62 Å². The van der Waals surface area contributed by atoms with Crippen molar-refractivity contribution >= 4 is 15.9 Å². The molecule has 0 saturated carbocycles. The third-order valence-corrected chi connectivity index (χ3v) is 6.25. The Morgan fingerprint density at radius 2 is 2.07 bits per heavy atom. The highest BCUT2D eigenvalue weighted by Gasteiger charge is 2.31. The van der Waals surface area contributed by atoms with Gasteiger partial charge in [-0.2, -0.15) is 17.5 Å². The van der Waals surface area contributed by atoms with E-state index in [1.54, 1.807) is 0 Å². The van der Waals surface area contributed by atoms with Gasteiger partial charge in [-0.05, 0) is 38.0 Å². The summed E-state index contributed by atoms with van der Waals surface area (Å²) >= 11 is 0. The quantitative estimate of drug-likeness (QED) is 0.704. The second kappa shape index (κ2) is 9.03. The van der Waals surface area contributed by atoms with Crippen LogP contribution in [-0.4, -0.2) is 57.2 Å². The number of carbonyl (C=O) groups is 1. The minimum absolute atomic E-state index is 0.0252. The second-order valence-electron chi connectivity index (χ2n) is 6.41. The van der Waals surface area contributed by atoms with E-state index in [0.717, 1.165) is 19.3 Å². The van der Waals surface area contributed by atoms with E-state index in [1.807, 2.05) is 6.92 Å². The van der Waals surface area contributed by atoms with E-state index < -0.39 is 28.7 Å². The number of hydrogen-bond donors (Lipinski definition) is 1. The molecule has 1 aliphatic rings. The third kappa shape index (κ3) is 6.18. The Kier molecular flexibility index (Phi) is 7.24. The van der Waals surface area contributed by atoms with Gasteiger partial charge in [-0.1, -0.05) is 12.5 Å². The van der Waals surface area contributed by atoms with Crippen LogP contribution in [0.5, 0.6) is 0 Å². The molecule has 6 nitrogen and oxygen atoms in total. The second-order valence-corrected chi connectivity index (χ2v) is 8.30. The van der Waals surface area contributed by atoms with Crippen LogP contribution in [0.15, 0.2) is 29.2 Å². The Hall–Kier alpha value is -1.65. The zero-order valence-corrected chi connectivity index (χ0v) is 15.8. The molecule has 27 heavy (non-hydrogen) atoms. The number of sulfonamides is 1. The maximum Gasteiger partial charge on any atom is 0.411 e. The van der Waals surface area contributed by atoms with Crippen LogP contribution in [0.1, 0.15) is 36.5 Å². The first-order valence-electron chi connectivity index (χ1n) is 8.66. The fourth-order valence-corrected chi connectivity index (χ4v) is 4.63. The number of hydrogen-bond acceptors (Lipinski definition) is 4. The van der Waals surface area contributed by atoms with Crippen molar-refractivity contribution in [2.45, 2.75) is 43.3 Å². The molecule has 0 spiro atoms. The van der Waals surface area contributed by atoms with Crippen molar-refractivity contribution in [1.29, 1.82) is 0 Å². The van der Waals surface area contributed by atoms with Crippen LogP contribution in [0.3, 0.4) is 0 Å². The maximum atomic E-state index is 12.8. The molecular formula is C17H23F3N2O4S. The highest BCUT2D eigenvalue weighted by Crippen LogP contribution is 2.25. The van der Waals surface area contributed by atoms with Gasteiger partial charge in [-0.25, -0.2) is 8.42 Å². The number of nitrogens with one attached hydrogen (secondary N) is 1. The molecule has 0 bridgehead atoms. The molecule has 1 aromatic rings. The lowest BCUT2D eigenvalue weighted by molar-refractivity contribution is -0.173. The molecule has 1 heterocycles. The normalized spacial score (nSPS) is 19.0. The lowest BCUT2D eigenvalue weighted by atomic mass is 10.1. The third-order valence-electron chi connectivity index (χ3n) is 4.24. The van der Waals surface area contributed by atoms with Crippen molar-refractivity contribution < 1.29 is 31.1 Å². The molecule has 1 aromatic carbocycles. The van der Waals surface area contributed by atoms with E-state index in [0.29, 0.717) is 6.54 Å². The van der Waals surface area contributed by atoms with Gasteiger partial charge >= 0.3 is 6.18 Å². The van der Waals surface area contributed by atoms with Gasteiger partial charge in [0, 0.05) is 24.7 Å². The van der Waals surface area contributed by atoms with E-state index in [1.165, 1.54) is 28.6 Å². The van der Waals surface area contributed by atoms with Crippen molar-refractivity contribution in [2.75, 3.05) is 26.3 Å². The minimum Gasteiger partial charge on any atom is -0.370 e. The van der Waals surface area contributed by atoms with Gasteiger partial charge in [-0.3, -0.25) is 4.79 Å². The average molecular weight is 408 g/mol. The van der Waals surface area contributed by atoms with E-state index in [9.17, 15) is 26.4 Å². The molecule has 2 rings (SSSR count). The number of amides is 1. The summed E-state index contributed by atoms with van der Waals surface area (Å²) in [6.07, 6.45) is -1.86. The van der Waals surface area contributed by atoms with Gasteiger partial charge in [0.25, 0.3) is 5.91 Å². The van der Waals surface area contributed by atoms with Crippen molar-refractivity contribution in [3.05, 3.63) is 29.8 Å². The van der Waals surface area contributed by atoms with Crippen LogP contribution in [0.2, 0.25) is 0 Å². The van der Waals surface area contributed by atoms with Crippen LogP contribution in [0.25, 0.3) is 0 Å². The standard InChI is InChI=1S/C17H23F3N2O4S/c1-13-5-2-3-9-22(13)27(24,25)15-7-4-6-14(11-15)16(23)21-8-10-26-12-17(18,19)20/h4,6-7,11,13H,2-3,5,8-10,12H2,1H3,(H,21,23). The topological polar surface area (TPSA) is 75.7 Å². The molecule has 0 radical (unpaired) electrons. The largest absolute Gasteiger partial charge is 0.411 e. The summed E-state index contributed by atoms with van der Waals surface area (Å²) in [4.78, 5) is 12.2. The molecular weight excluding hydrogens is 385 g/mol. The van der Waals surface area contributed by atoms with E-state index in [-0.39, 0.29) is 29.7 Å². The van der Waals surface area contributed by atoms with Crippen LogP contribution in [0, 0.1) is 0 Å².